The Labute approximate surface area is 155 Å². The summed E-state index contributed by atoms with van der Waals surface area (Å²) in [5.41, 5.74) is 3.55. The standard InChI is InChI=1S/C21H27N3O2/c1-17-8-9-20(26-2)18(16-17)10-11-22-21(25)24-14-12-23(13-15-24)19-6-4-3-5-7-19/h3-9,16H,10-15H2,1-2H3,(H,22,25). The minimum Gasteiger partial charge on any atom is -0.496 e. The molecule has 1 saturated heterocycles. The zero-order valence-corrected chi connectivity index (χ0v) is 15.6. The van der Waals surface area contributed by atoms with E-state index in [1.165, 1.54) is 11.3 Å². The minimum atomic E-state index is 0.0179. The molecule has 26 heavy (non-hydrogen) atoms. The highest BCUT2D eigenvalue weighted by Crippen LogP contribution is 2.20. The van der Waals surface area contributed by atoms with Crippen LogP contribution in [-0.2, 0) is 6.42 Å². The molecule has 1 heterocycles. The van der Waals surface area contributed by atoms with Gasteiger partial charge in [-0.2, -0.15) is 0 Å². The number of benzene rings is 2. The van der Waals surface area contributed by atoms with Gasteiger partial charge in [-0.3, -0.25) is 0 Å². The van der Waals surface area contributed by atoms with E-state index in [0.717, 1.165) is 43.9 Å². The number of urea groups is 1. The Morgan fingerprint density at radius 3 is 2.50 bits per heavy atom. The summed E-state index contributed by atoms with van der Waals surface area (Å²) in [6.45, 7) is 5.89. The molecule has 0 saturated carbocycles. The van der Waals surface area contributed by atoms with Crippen LogP contribution < -0.4 is 15.0 Å². The smallest absolute Gasteiger partial charge is 0.317 e. The molecule has 0 bridgehead atoms. The fourth-order valence-electron chi connectivity index (χ4n) is 3.33. The summed E-state index contributed by atoms with van der Waals surface area (Å²) in [7, 11) is 1.68. The van der Waals surface area contributed by atoms with Crippen molar-refractivity contribution in [3.05, 3.63) is 59.7 Å². The zero-order valence-electron chi connectivity index (χ0n) is 15.6. The summed E-state index contributed by atoms with van der Waals surface area (Å²) in [5.74, 6) is 0.876. The third kappa shape index (κ3) is 4.48. The summed E-state index contributed by atoms with van der Waals surface area (Å²) in [4.78, 5) is 16.6. The summed E-state index contributed by atoms with van der Waals surface area (Å²) in [6.07, 6.45) is 0.764. The second kappa shape index (κ2) is 8.61. The van der Waals surface area contributed by atoms with E-state index in [4.69, 9.17) is 4.74 Å². The van der Waals surface area contributed by atoms with E-state index in [9.17, 15) is 4.79 Å². The number of nitrogens with zero attached hydrogens (tertiary/aromatic N) is 2. The molecule has 0 aliphatic carbocycles. The SMILES string of the molecule is COc1ccc(C)cc1CCNC(=O)N1CCN(c2ccccc2)CC1. The van der Waals surface area contributed by atoms with Crippen molar-refractivity contribution in [1.29, 1.82) is 0 Å². The maximum absolute atomic E-state index is 12.4. The number of rotatable bonds is 5. The molecule has 138 valence electrons. The molecule has 1 aliphatic heterocycles. The lowest BCUT2D eigenvalue weighted by Gasteiger charge is -2.36. The van der Waals surface area contributed by atoms with Crippen LogP contribution in [0.1, 0.15) is 11.1 Å². The van der Waals surface area contributed by atoms with Crippen molar-refractivity contribution in [2.45, 2.75) is 13.3 Å². The van der Waals surface area contributed by atoms with Crippen molar-refractivity contribution >= 4 is 11.7 Å². The van der Waals surface area contributed by atoms with E-state index in [0.29, 0.717) is 6.54 Å². The first-order valence-electron chi connectivity index (χ1n) is 9.13. The molecule has 1 N–H and O–H groups in total. The maximum Gasteiger partial charge on any atom is 0.317 e. The Hall–Kier alpha value is -2.69. The minimum absolute atomic E-state index is 0.0179. The molecule has 2 aromatic rings. The maximum atomic E-state index is 12.4. The summed E-state index contributed by atoms with van der Waals surface area (Å²) >= 11 is 0. The van der Waals surface area contributed by atoms with Crippen LogP contribution in [0.25, 0.3) is 0 Å². The predicted octanol–water partition coefficient (Wildman–Crippen LogP) is 3.08. The highest BCUT2D eigenvalue weighted by molar-refractivity contribution is 5.74. The second-order valence-corrected chi connectivity index (χ2v) is 6.61. The van der Waals surface area contributed by atoms with Crippen molar-refractivity contribution < 1.29 is 9.53 Å². The second-order valence-electron chi connectivity index (χ2n) is 6.61. The summed E-state index contributed by atoms with van der Waals surface area (Å²) in [5, 5.41) is 3.04. The fraction of sp³-hybridized carbons (Fsp3) is 0.381. The molecule has 0 atom stereocenters. The van der Waals surface area contributed by atoms with Crippen LogP contribution in [0.5, 0.6) is 5.75 Å². The molecule has 0 unspecified atom stereocenters. The molecule has 2 amide bonds. The number of aryl methyl sites for hydroxylation is 1. The first kappa shape index (κ1) is 18.1. The number of hydrogen-bond acceptors (Lipinski definition) is 3. The number of amides is 2. The summed E-state index contributed by atoms with van der Waals surface area (Å²) < 4.78 is 5.40. The summed E-state index contributed by atoms with van der Waals surface area (Å²) in [6, 6.07) is 16.5. The lowest BCUT2D eigenvalue weighted by molar-refractivity contribution is 0.194. The van der Waals surface area contributed by atoms with Crippen LogP contribution in [0.2, 0.25) is 0 Å². The molecule has 5 nitrogen and oxygen atoms in total. The lowest BCUT2D eigenvalue weighted by Crippen LogP contribution is -2.52. The number of anilines is 1. The number of para-hydroxylation sites is 1. The number of ether oxygens (including phenoxy) is 1. The van der Waals surface area contributed by atoms with E-state index in [-0.39, 0.29) is 6.03 Å². The molecule has 3 rings (SSSR count). The van der Waals surface area contributed by atoms with E-state index >= 15 is 0 Å². The predicted molar refractivity (Wildman–Crippen MR) is 105 cm³/mol. The molecular weight excluding hydrogens is 326 g/mol. The highest BCUT2D eigenvalue weighted by atomic mass is 16.5. The Kier molecular flexibility index (Phi) is 6.00. The Morgan fingerprint density at radius 2 is 1.81 bits per heavy atom. The van der Waals surface area contributed by atoms with Crippen molar-refractivity contribution in [3.63, 3.8) is 0 Å². The Bertz CT molecular complexity index is 725. The van der Waals surface area contributed by atoms with Crippen LogP contribution in [-0.4, -0.2) is 50.8 Å². The molecule has 0 spiro atoms. The average Bonchev–Trinajstić information content (AvgIpc) is 2.69. The first-order valence-corrected chi connectivity index (χ1v) is 9.13. The number of piperazine rings is 1. The van der Waals surface area contributed by atoms with Gasteiger partial charge in [-0.1, -0.05) is 35.9 Å². The molecule has 2 aromatic carbocycles. The quantitative estimate of drug-likeness (QED) is 0.898. The van der Waals surface area contributed by atoms with Crippen molar-refractivity contribution in [2.75, 3.05) is 44.7 Å². The van der Waals surface area contributed by atoms with Crippen LogP contribution in [0.15, 0.2) is 48.5 Å². The van der Waals surface area contributed by atoms with E-state index in [1.54, 1.807) is 7.11 Å². The number of methoxy groups -OCH3 is 1. The van der Waals surface area contributed by atoms with E-state index in [1.807, 2.05) is 35.2 Å². The highest BCUT2D eigenvalue weighted by Gasteiger charge is 2.20. The third-order valence-electron chi connectivity index (χ3n) is 4.79. The van der Waals surface area contributed by atoms with Gasteiger partial charge in [0.2, 0.25) is 0 Å². The van der Waals surface area contributed by atoms with Gasteiger partial charge in [-0.15, -0.1) is 0 Å². The average molecular weight is 353 g/mol. The largest absolute Gasteiger partial charge is 0.496 e. The van der Waals surface area contributed by atoms with Crippen molar-refractivity contribution in [2.24, 2.45) is 0 Å². The van der Waals surface area contributed by atoms with E-state index < -0.39 is 0 Å². The van der Waals surface area contributed by atoms with Crippen molar-refractivity contribution in [3.8, 4) is 5.75 Å². The van der Waals surface area contributed by atoms with Crippen LogP contribution in [0.4, 0.5) is 10.5 Å². The number of carbonyl (C=O) groups is 1. The number of hydrogen-bond donors (Lipinski definition) is 1. The van der Waals surface area contributed by atoms with Gasteiger partial charge in [0.25, 0.3) is 0 Å². The monoisotopic (exact) mass is 353 g/mol. The van der Waals surface area contributed by atoms with Crippen LogP contribution in [0, 0.1) is 6.92 Å². The molecule has 1 aliphatic rings. The van der Waals surface area contributed by atoms with E-state index in [2.05, 4.69) is 35.3 Å². The van der Waals surface area contributed by atoms with Crippen LogP contribution in [0.3, 0.4) is 0 Å². The molecule has 1 fully saturated rings. The van der Waals surface area contributed by atoms with Gasteiger partial charge in [0.15, 0.2) is 0 Å². The Morgan fingerprint density at radius 1 is 1.08 bits per heavy atom. The van der Waals surface area contributed by atoms with Gasteiger partial charge in [0.05, 0.1) is 7.11 Å². The van der Waals surface area contributed by atoms with Gasteiger partial charge < -0.3 is 19.9 Å². The Balaban J connectivity index is 1.46. The van der Waals surface area contributed by atoms with Gasteiger partial charge in [0, 0.05) is 38.4 Å². The number of carbonyl (C=O) groups excluding carboxylic acids is 1. The van der Waals surface area contributed by atoms with Gasteiger partial charge >= 0.3 is 6.03 Å². The normalized spacial score (nSPS) is 14.2. The molecule has 0 radical (unpaired) electrons. The van der Waals surface area contributed by atoms with Gasteiger partial charge in [-0.25, -0.2) is 4.79 Å². The van der Waals surface area contributed by atoms with Gasteiger partial charge in [0.1, 0.15) is 5.75 Å². The zero-order chi connectivity index (χ0) is 18.4. The molecule has 0 aromatic heterocycles. The fourth-order valence-corrected chi connectivity index (χ4v) is 3.33. The van der Waals surface area contributed by atoms with Crippen LogP contribution >= 0.6 is 0 Å². The van der Waals surface area contributed by atoms with Crippen molar-refractivity contribution in [1.82, 2.24) is 10.2 Å². The topological polar surface area (TPSA) is 44.8 Å². The number of nitrogens with one attached hydrogen (secondary N) is 1. The first-order chi connectivity index (χ1) is 12.7. The van der Waals surface area contributed by atoms with Gasteiger partial charge in [-0.05, 0) is 37.1 Å². The third-order valence-corrected chi connectivity index (χ3v) is 4.79. The lowest BCUT2D eigenvalue weighted by atomic mass is 10.1. The molecular formula is C21H27N3O2. The molecule has 5 heteroatoms.